The van der Waals surface area contributed by atoms with Crippen molar-refractivity contribution in [3.05, 3.63) is 103 Å². The van der Waals surface area contributed by atoms with Gasteiger partial charge in [-0.3, -0.25) is 0 Å². The number of hydrogen-bond donors (Lipinski definition) is 1. The minimum Gasteiger partial charge on any atom is -0.832 e. The number of hydrogen-bond acceptors (Lipinski definition) is 3. The minimum atomic E-state index is -2.29. The predicted molar refractivity (Wildman–Crippen MR) is 165 cm³/mol. The van der Waals surface area contributed by atoms with Crippen molar-refractivity contribution < 1.29 is 19.2 Å². The summed E-state index contributed by atoms with van der Waals surface area (Å²) in [7, 11) is 6.21. The summed E-state index contributed by atoms with van der Waals surface area (Å²) in [4.78, 5) is 0. The lowest BCUT2D eigenvalue weighted by molar-refractivity contribution is -0.849. The maximum atomic E-state index is 12.4. The van der Waals surface area contributed by atoms with Gasteiger partial charge in [-0.2, -0.15) is 0 Å². The van der Waals surface area contributed by atoms with E-state index in [9.17, 15) is 10.0 Å². The number of rotatable bonds is 9. The molecule has 8 heteroatoms. The van der Waals surface area contributed by atoms with Gasteiger partial charge in [0.25, 0.3) is 0 Å². The standard InChI is InChI=1S/C27H29BCl3O3.C4H12N/c1-5-6-7-23(20-11-8-17(2)24(29)14-20)27(34-28(32)33,21-12-9-18(3)25(30)15-21)22-13-10-19(4)26(31)16-22;1-5(2,3)4/h8-16,23,32H,5-7H2,1-4H3;1-4H3/q-1;+1. The van der Waals surface area contributed by atoms with Crippen LogP contribution in [0.1, 0.15) is 65.5 Å². The van der Waals surface area contributed by atoms with Crippen LogP contribution in [-0.4, -0.2) is 45.0 Å². The molecule has 4 nitrogen and oxygen atoms in total. The summed E-state index contributed by atoms with van der Waals surface area (Å²) in [5.74, 6) is -0.355. The fourth-order valence-corrected chi connectivity index (χ4v) is 4.98. The molecule has 0 aliphatic heterocycles. The van der Waals surface area contributed by atoms with Crippen molar-refractivity contribution in [1.29, 1.82) is 0 Å². The number of nitrogens with zero attached hydrogens (tertiary/aromatic N) is 1. The molecule has 3 aromatic rings. The highest BCUT2D eigenvalue weighted by atomic mass is 35.5. The Bertz CT molecular complexity index is 1190. The number of halogens is 3. The first kappa shape index (κ1) is 33.6. The van der Waals surface area contributed by atoms with Crippen LogP contribution in [-0.2, 0) is 10.3 Å². The third-order valence-corrected chi connectivity index (χ3v) is 7.65. The Morgan fingerprint density at radius 2 is 1.23 bits per heavy atom. The lowest BCUT2D eigenvalue weighted by Gasteiger charge is -2.45. The van der Waals surface area contributed by atoms with Crippen molar-refractivity contribution in [3.63, 3.8) is 0 Å². The van der Waals surface area contributed by atoms with Crippen LogP contribution in [0, 0.1) is 20.8 Å². The molecule has 1 atom stereocenters. The second-order valence-corrected chi connectivity index (χ2v) is 12.7. The highest BCUT2D eigenvalue weighted by Crippen LogP contribution is 2.50. The van der Waals surface area contributed by atoms with E-state index >= 15 is 0 Å². The first-order valence-corrected chi connectivity index (χ1v) is 14.3. The maximum absolute atomic E-state index is 12.4. The summed E-state index contributed by atoms with van der Waals surface area (Å²) in [6.45, 7) is 7.87. The van der Waals surface area contributed by atoms with E-state index < -0.39 is 12.9 Å². The number of benzene rings is 3. The third kappa shape index (κ3) is 9.22. The molecule has 0 aliphatic rings. The zero-order valence-corrected chi connectivity index (χ0v) is 26.6. The number of aryl methyl sites for hydroxylation is 3. The molecule has 0 aromatic heterocycles. The summed E-state index contributed by atoms with van der Waals surface area (Å²) in [5.41, 5.74) is 3.61. The molecule has 3 rings (SSSR count). The van der Waals surface area contributed by atoms with Crippen LogP contribution in [0.2, 0.25) is 15.1 Å². The van der Waals surface area contributed by atoms with Gasteiger partial charge in [-0.05, 0) is 78.8 Å². The minimum absolute atomic E-state index is 0.355. The molecule has 0 bridgehead atoms. The maximum Gasteiger partial charge on any atom is 0.343 e. The van der Waals surface area contributed by atoms with E-state index in [1.165, 1.54) is 0 Å². The number of unbranched alkanes of at least 4 members (excludes halogenated alkanes) is 1. The topological polar surface area (TPSA) is 52.5 Å². The highest BCUT2D eigenvalue weighted by Gasteiger charge is 2.44. The van der Waals surface area contributed by atoms with Gasteiger partial charge in [0.05, 0.1) is 28.2 Å². The molecule has 0 saturated heterocycles. The first-order valence-electron chi connectivity index (χ1n) is 13.2. The molecule has 1 N–H and O–H groups in total. The molecule has 0 aliphatic carbocycles. The number of quaternary nitrogens is 1. The van der Waals surface area contributed by atoms with Crippen molar-refractivity contribution in [1.82, 2.24) is 0 Å². The van der Waals surface area contributed by atoms with Gasteiger partial charge in [0.2, 0.25) is 0 Å². The van der Waals surface area contributed by atoms with Crippen LogP contribution < -0.4 is 5.02 Å². The first-order chi connectivity index (χ1) is 18.1. The Kier molecular flexibility index (Phi) is 12.4. The Hall–Kier alpha value is -1.57. The molecule has 0 radical (unpaired) electrons. The van der Waals surface area contributed by atoms with Crippen LogP contribution in [0.25, 0.3) is 0 Å². The molecule has 212 valence electrons. The average Bonchev–Trinajstić information content (AvgIpc) is 2.82. The zero-order chi connectivity index (χ0) is 29.5. The second-order valence-electron chi connectivity index (χ2n) is 11.5. The summed E-state index contributed by atoms with van der Waals surface area (Å²) >= 11 is 19.7. The van der Waals surface area contributed by atoms with Crippen LogP contribution >= 0.6 is 34.8 Å². The summed E-state index contributed by atoms with van der Waals surface area (Å²) in [6.07, 6.45) is 2.49. The summed E-state index contributed by atoms with van der Waals surface area (Å²) in [6, 6.07) is 17.1. The van der Waals surface area contributed by atoms with Crippen LogP contribution in [0.15, 0.2) is 54.6 Å². The van der Waals surface area contributed by atoms with Crippen molar-refractivity contribution >= 4 is 42.1 Å². The second kappa shape index (κ2) is 14.4. The lowest BCUT2D eigenvalue weighted by Crippen LogP contribution is -2.48. The van der Waals surface area contributed by atoms with Gasteiger partial charge in [-0.25, -0.2) is 0 Å². The molecule has 3 aromatic carbocycles. The zero-order valence-electron chi connectivity index (χ0n) is 24.3. The fraction of sp³-hybridized carbons (Fsp3) is 0.419. The Labute approximate surface area is 250 Å². The van der Waals surface area contributed by atoms with E-state index in [0.717, 1.165) is 39.6 Å². The van der Waals surface area contributed by atoms with Gasteiger partial charge in [-0.15, -0.1) is 0 Å². The fourth-order valence-electron chi connectivity index (χ4n) is 4.43. The van der Waals surface area contributed by atoms with E-state index in [0.29, 0.717) is 32.6 Å². The molecule has 1 unspecified atom stereocenters. The van der Waals surface area contributed by atoms with Crippen LogP contribution in [0.3, 0.4) is 0 Å². The van der Waals surface area contributed by atoms with Gasteiger partial charge in [0, 0.05) is 21.0 Å². The van der Waals surface area contributed by atoms with E-state index in [1.807, 2.05) is 75.4 Å². The monoisotopic (exact) mass is 591 g/mol. The smallest absolute Gasteiger partial charge is 0.343 e. The Balaban J connectivity index is 0.000000976. The van der Waals surface area contributed by atoms with E-state index in [4.69, 9.17) is 39.5 Å². The van der Waals surface area contributed by atoms with Gasteiger partial charge < -0.3 is 19.2 Å². The van der Waals surface area contributed by atoms with Crippen molar-refractivity contribution in [2.24, 2.45) is 0 Å². The molecule has 0 spiro atoms. The average molecular weight is 593 g/mol. The predicted octanol–water partition coefficient (Wildman–Crippen LogP) is 7.47. The van der Waals surface area contributed by atoms with Gasteiger partial charge in [0.1, 0.15) is 5.60 Å². The molecule has 0 heterocycles. The normalized spacial score (nSPS) is 12.5. The molecule has 0 saturated carbocycles. The van der Waals surface area contributed by atoms with Crippen molar-refractivity contribution in [2.75, 3.05) is 28.2 Å². The van der Waals surface area contributed by atoms with Crippen LogP contribution in [0.4, 0.5) is 0 Å². The lowest BCUT2D eigenvalue weighted by atomic mass is 9.69. The molecule has 0 amide bonds. The molecular weight excluding hydrogens is 552 g/mol. The largest absolute Gasteiger partial charge is 0.832 e. The highest BCUT2D eigenvalue weighted by molar-refractivity contribution is 6.32. The van der Waals surface area contributed by atoms with E-state index in [1.54, 1.807) is 0 Å². The van der Waals surface area contributed by atoms with Gasteiger partial charge in [-0.1, -0.05) is 91.0 Å². The molecule has 0 fully saturated rings. The summed E-state index contributed by atoms with van der Waals surface area (Å²) < 4.78 is 7.02. The molecule has 39 heavy (non-hydrogen) atoms. The third-order valence-electron chi connectivity index (χ3n) is 6.42. The SMILES string of the molecule is CCCCC(c1ccc(C)c(Cl)c1)C(OB([O-])O)(c1ccc(C)c(Cl)c1)c1ccc(C)c(Cl)c1.C[N+](C)(C)C. The van der Waals surface area contributed by atoms with Crippen molar-refractivity contribution in [2.45, 2.75) is 58.5 Å². The van der Waals surface area contributed by atoms with Crippen LogP contribution in [0.5, 0.6) is 0 Å². The van der Waals surface area contributed by atoms with E-state index in [2.05, 4.69) is 35.1 Å². The van der Waals surface area contributed by atoms with Gasteiger partial charge >= 0.3 is 7.32 Å². The van der Waals surface area contributed by atoms with E-state index in [-0.39, 0.29) is 5.92 Å². The quantitative estimate of drug-likeness (QED) is 0.207. The Morgan fingerprint density at radius 1 is 0.821 bits per heavy atom. The van der Waals surface area contributed by atoms with Gasteiger partial charge in [0.15, 0.2) is 0 Å². The van der Waals surface area contributed by atoms with Crippen molar-refractivity contribution in [3.8, 4) is 0 Å². The Morgan fingerprint density at radius 3 is 1.59 bits per heavy atom. The molecular formula is C31H41BCl3NO3. The summed E-state index contributed by atoms with van der Waals surface area (Å²) in [5, 5.41) is 24.2.